The fourth-order valence-electron chi connectivity index (χ4n) is 0.742. The number of aromatic carboxylic acids is 2. The normalized spacial score (nSPS) is 7.00. The number of rotatable bonds is 2. The van der Waals surface area contributed by atoms with Gasteiger partial charge in [-0.3, -0.25) is 0 Å². The van der Waals surface area contributed by atoms with Gasteiger partial charge in [-0.1, -0.05) is 24.3 Å². The molecule has 0 bridgehead atoms. The van der Waals surface area contributed by atoms with Crippen LogP contribution in [0, 0.1) is 0 Å². The third kappa shape index (κ3) is 8.25. The van der Waals surface area contributed by atoms with E-state index >= 15 is 0 Å². The van der Waals surface area contributed by atoms with Crippen LogP contribution in [0.3, 0.4) is 0 Å². The smallest absolute Gasteiger partial charge is 0.870 e. The molecule has 0 aliphatic carbocycles. The van der Waals surface area contributed by atoms with E-state index in [2.05, 4.69) is 0 Å². The van der Waals surface area contributed by atoms with Gasteiger partial charge in [0.25, 0.3) is 0 Å². The zero-order valence-electron chi connectivity index (χ0n) is 9.39. The second-order valence-corrected chi connectivity index (χ2v) is 2.15. The molecule has 0 saturated heterocycles. The predicted octanol–water partition coefficient (Wildman–Crippen LogP) is -10.8. The van der Waals surface area contributed by atoms with Gasteiger partial charge in [0.05, 0.1) is 11.9 Å². The maximum Gasteiger partial charge on any atom is 1.00 e. The molecular formula is C8H5Na3O5. The summed E-state index contributed by atoms with van der Waals surface area (Å²) in [6, 6.07) is 4.61. The first-order valence-electron chi connectivity index (χ1n) is 3.14. The molecule has 70 valence electrons. The molecule has 0 aromatic heterocycles. The van der Waals surface area contributed by atoms with Crippen molar-refractivity contribution in [1.82, 2.24) is 0 Å². The fraction of sp³-hybridized carbons (Fsp3) is 0. The summed E-state index contributed by atoms with van der Waals surface area (Å²) in [5, 5.41) is 20.4. The van der Waals surface area contributed by atoms with Crippen LogP contribution in [0.2, 0.25) is 0 Å². The van der Waals surface area contributed by atoms with E-state index in [1.54, 1.807) is 0 Å². The van der Waals surface area contributed by atoms with Crippen molar-refractivity contribution >= 4 is 11.9 Å². The van der Waals surface area contributed by atoms with Gasteiger partial charge in [0.15, 0.2) is 0 Å². The van der Waals surface area contributed by atoms with E-state index in [9.17, 15) is 19.8 Å². The first-order chi connectivity index (χ1) is 5.61. The topological polar surface area (TPSA) is 110 Å². The van der Waals surface area contributed by atoms with Crippen molar-refractivity contribution in [2.75, 3.05) is 0 Å². The second-order valence-electron chi connectivity index (χ2n) is 2.15. The van der Waals surface area contributed by atoms with Gasteiger partial charge in [-0.25, -0.2) is 0 Å². The predicted molar refractivity (Wildman–Crippen MR) is 37.0 cm³/mol. The van der Waals surface area contributed by atoms with Gasteiger partial charge >= 0.3 is 88.7 Å². The van der Waals surface area contributed by atoms with Crippen LogP contribution in [0.4, 0.5) is 0 Å². The van der Waals surface area contributed by atoms with Crippen molar-refractivity contribution in [3.05, 3.63) is 35.4 Å². The SMILES string of the molecule is O=C([O-])c1ccc(C(=O)[O-])cc1.[Na+].[Na+].[Na+].[OH-]. The number of carbonyl (C=O) groups is 2. The minimum absolute atomic E-state index is 0. The van der Waals surface area contributed by atoms with E-state index in [1.807, 2.05) is 0 Å². The minimum Gasteiger partial charge on any atom is -0.870 e. The molecule has 16 heavy (non-hydrogen) atoms. The van der Waals surface area contributed by atoms with Gasteiger partial charge in [0.1, 0.15) is 0 Å². The van der Waals surface area contributed by atoms with Crippen LogP contribution < -0.4 is 98.9 Å². The van der Waals surface area contributed by atoms with E-state index in [0.717, 1.165) is 24.3 Å². The van der Waals surface area contributed by atoms with Crippen LogP contribution in [-0.2, 0) is 0 Å². The Hall–Kier alpha value is 1.12. The minimum atomic E-state index is -1.33. The molecule has 0 atom stereocenters. The van der Waals surface area contributed by atoms with Crippen molar-refractivity contribution in [3.8, 4) is 0 Å². The maximum atomic E-state index is 10.2. The van der Waals surface area contributed by atoms with Crippen molar-refractivity contribution < 1.29 is 114 Å². The summed E-state index contributed by atoms with van der Waals surface area (Å²) in [7, 11) is 0. The summed E-state index contributed by atoms with van der Waals surface area (Å²) in [4.78, 5) is 20.4. The molecule has 0 aliphatic heterocycles. The summed E-state index contributed by atoms with van der Waals surface area (Å²) >= 11 is 0. The first kappa shape index (κ1) is 25.8. The number of hydrogen-bond acceptors (Lipinski definition) is 5. The van der Waals surface area contributed by atoms with Crippen molar-refractivity contribution in [2.24, 2.45) is 0 Å². The Balaban J connectivity index is -0.000000180. The second kappa shape index (κ2) is 12.6. The van der Waals surface area contributed by atoms with Crippen LogP contribution in [0.1, 0.15) is 20.7 Å². The van der Waals surface area contributed by atoms with E-state index in [-0.39, 0.29) is 105 Å². The Kier molecular flexibility index (Phi) is 20.3. The Morgan fingerprint density at radius 1 is 0.750 bits per heavy atom. The standard InChI is InChI=1S/C8H6O4.3Na.H2O/c9-7(10)5-1-2-6(4-3-5)8(11)12;;;;/h1-4H,(H,9,10)(H,11,12);;;;1H2/q;3*+1;/p-3. The van der Waals surface area contributed by atoms with E-state index in [4.69, 9.17) is 0 Å². The van der Waals surface area contributed by atoms with Gasteiger partial charge in [-0.2, -0.15) is 0 Å². The molecule has 1 aromatic rings. The summed E-state index contributed by atoms with van der Waals surface area (Å²) < 4.78 is 0. The summed E-state index contributed by atoms with van der Waals surface area (Å²) in [6.07, 6.45) is 0. The summed E-state index contributed by atoms with van der Waals surface area (Å²) in [5.74, 6) is -2.67. The van der Waals surface area contributed by atoms with Gasteiger partial charge in [0, 0.05) is 0 Å². The maximum absolute atomic E-state index is 10.2. The number of benzene rings is 1. The molecule has 0 heterocycles. The zero-order chi connectivity index (χ0) is 9.14. The summed E-state index contributed by atoms with van der Waals surface area (Å²) in [6.45, 7) is 0. The number of carbonyl (C=O) groups excluding carboxylic acids is 2. The Labute approximate surface area is 159 Å². The monoisotopic (exact) mass is 250 g/mol. The molecule has 0 saturated carbocycles. The molecule has 0 fully saturated rings. The van der Waals surface area contributed by atoms with Crippen LogP contribution >= 0.6 is 0 Å². The molecule has 0 aliphatic rings. The Morgan fingerprint density at radius 3 is 1.06 bits per heavy atom. The van der Waals surface area contributed by atoms with E-state index < -0.39 is 11.9 Å². The molecule has 0 amide bonds. The molecule has 0 unspecified atom stereocenters. The van der Waals surface area contributed by atoms with E-state index in [0.29, 0.717) is 0 Å². The molecule has 1 rings (SSSR count). The fourth-order valence-corrected chi connectivity index (χ4v) is 0.742. The summed E-state index contributed by atoms with van der Waals surface area (Å²) in [5.41, 5.74) is -0.111. The largest absolute Gasteiger partial charge is 1.00 e. The molecular weight excluding hydrogens is 245 g/mol. The zero-order valence-corrected chi connectivity index (χ0v) is 15.4. The van der Waals surface area contributed by atoms with Crippen LogP contribution in [0.5, 0.6) is 0 Å². The third-order valence-electron chi connectivity index (χ3n) is 1.36. The van der Waals surface area contributed by atoms with Crippen LogP contribution in [0.15, 0.2) is 24.3 Å². The first-order valence-corrected chi connectivity index (χ1v) is 3.14. The van der Waals surface area contributed by atoms with Crippen molar-refractivity contribution in [3.63, 3.8) is 0 Å². The quantitative estimate of drug-likeness (QED) is 0.484. The Morgan fingerprint density at radius 2 is 0.938 bits per heavy atom. The molecule has 1 aromatic carbocycles. The average molecular weight is 250 g/mol. The number of hydrogen-bond donors (Lipinski definition) is 0. The van der Waals surface area contributed by atoms with Gasteiger partial charge in [-0.15, -0.1) is 0 Å². The van der Waals surface area contributed by atoms with Crippen molar-refractivity contribution in [2.45, 2.75) is 0 Å². The van der Waals surface area contributed by atoms with E-state index in [1.165, 1.54) is 0 Å². The molecule has 5 nitrogen and oxygen atoms in total. The van der Waals surface area contributed by atoms with Crippen LogP contribution in [0.25, 0.3) is 0 Å². The molecule has 0 spiro atoms. The number of carboxylic acid groups (broad SMARTS) is 2. The number of carboxylic acids is 2. The molecule has 1 N–H and O–H groups in total. The molecule has 8 heteroatoms. The Bertz CT molecular complexity index is 292. The van der Waals surface area contributed by atoms with Crippen LogP contribution in [-0.4, -0.2) is 17.4 Å². The molecule has 0 radical (unpaired) electrons. The van der Waals surface area contributed by atoms with Gasteiger partial charge in [-0.05, 0) is 11.1 Å². The van der Waals surface area contributed by atoms with Crippen molar-refractivity contribution in [1.29, 1.82) is 0 Å². The van der Waals surface area contributed by atoms with Gasteiger partial charge in [0.2, 0.25) is 0 Å². The van der Waals surface area contributed by atoms with Gasteiger partial charge < -0.3 is 25.3 Å². The third-order valence-corrected chi connectivity index (χ3v) is 1.36. The average Bonchev–Trinajstić information content (AvgIpc) is 2.04.